The zero-order valence-corrected chi connectivity index (χ0v) is 16.2. The number of hydrogen-bond donors (Lipinski definition) is 1. The number of nitrogens with two attached hydrogens (primary N) is 1. The molecule has 1 aliphatic rings. The highest BCUT2D eigenvalue weighted by Crippen LogP contribution is 2.34. The fraction of sp³-hybridized carbons (Fsp3) is 0.579. The lowest BCUT2D eigenvalue weighted by molar-refractivity contribution is -0.121. The molecule has 0 aliphatic carbocycles. The van der Waals surface area contributed by atoms with Crippen molar-refractivity contribution < 1.29 is 4.79 Å². The average Bonchev–Trinajstić information content (AvgIpc) is 3.11. The van der Waals surface area contributed by atoms with Crippen LogP contribution >= 0.6 is 0 Å². The molecule has 2 atom stereocenters. The van der Waals surface area contributed by atoms with Crippen LogP contribution in [0.15, 0.2) is 18.6 Å². The van der Waals surface area contributed by atoms with E-state index in [1.54, 1.807) is 0 Å². The maximum atomic E-state index is 12.0. The Balaban J connectivity index is 1.76. The molecule has 0 bridgehead atoms. The number of carbonyl (C=O) groups excluding carboxylic acids is 1. The zero-order valence-electron chi connectivity index (χ0n) is 16.2. The van der Waals surface area contributed by atoms with E-state index >= 15 is 0 Å². The van der Waals surface area contributed by atoms with Gasteiger partial charge in [-0.2, -0.15) is 5.10 Å². The van der Waals surface area contributed by atoms with Crippen molar-refractivity contribution in [3.05, 3.63) is 41.2 Å². The van der Waals surface area contributed by atoms with Crippen molar-refractivity contribution >= 4 is 5.91 Å². The Hall–Kier alpha value is -2.28. The van der Waals surface area contributed by atoms with E-state index in [2.05, 4.69) is 40.7 Å². The Labute approximate surface area is 154 Å². The summed E-state index contributed by atoms with van der Waals surface area (Å²) in [7, 11) is 1.92. The van der Waals surface area contributed by atoms with Gasteiger partial charge in [0.1, 0.15) is 5.82 Å². The Bertz CT molecular complexity index is 789. The predicted molar refractivity (Wildman–Crippen MR) is 99.4 cm³/mol. The molecule has 3 rings (SSSR count). The molecule has 1 amide bonds. The van der Waals surface area contributed by atoms with Gasteiger partial charge in [-0.1, -0.05) is 20.8 Å². The molecule has 1 fully saturated rings. The van der Waals surface area contributed by atoms with E-state index in [4.69, 9.17) is 5.73 Å². The van der Waals surface area contributed by atoms with Gasteiger partial charge in [-0.15, -0.1) is 0 Å². The van der Waals surface area contributed by atoms with Crippen LogP contribution in [0.2, 0.25) is 0 Å². The van der Waals surface area contributed by atoms with E-state index in [-0.39, 0.29) is 23.2 Å². The Morgan fingerprint density at radius 3 is 2.38 bits per heavy atom. The van der Waals surface area contributed by atoms with E-state index in [1.807, 2.05) is 37.2 Å². The average molecular weight is 356 g/mol. The summed E-state index contributed by atoms with van der Waals surface area (Å²) in [5.41, 5.74) is 8.86. The number of amides is 1. The lowest BCUT2D eigenvalue weighted by Gasteiger charge is -2.18. The Kier molecular flexibility index (Phi) is 4.84. The van der Waals surface area contributed by atoms with E-state index in [0.29, 0.717) is 13.1 Å². The van der Waals surface area contributed by atoms with E-state index in [0.717, 1.165) is 29.2 Å². The fourth-order valence-corrected chi connectivity index (χ4v) is 3.58. The summed E-state index contributed by atoms with van der Waals surface area (Å²) < 4.78 is 1.84. The second-order valence-electron chi connectivity index (χ2n) is 8.28. The maximum absolute atomic E-state index is 12.0. The molecule has 26 heavy (non-hydrogen) atoms. The van der Waals surface area contributed by atoms with Gasteiger partial charge >= 0.3 is 0 Å². The maximum Gasteiger partial charge on any atom is 0.222 e. The number of likely N-dealkylation sites (tertiary alicyclic amines) is 1. The van der Waals surface area contributed by atoms with Crippen molar-refractivity contribution in [1.82, 2.24) is 24.6 Å². The molecular formula is C19H28N6O. The third-order valence-electron chi connectivity index (χ3n) is 5.22. The highest BCUT2D eigenvalue weighted by atomic mass is 16.1. The molecule has 7 heteroatoms. The minimum atomic E-state index is -0.250. The molecular weight excluding hydrogens is 328 g/mol. The van der Waals surface area contributed by atoms with Crippen molar-refractivity contribution in [3.8, 4) is 0 Å². The summed E-state index contributed by atoms with van der Waals surface area (Å²) in [4.78, 5) is 23.2. The van der Waals surface area contributed by atoms with Gasteiger partial charge < -0.3 is 5.73 Å². The van der Waals surface area contributed by atoms with Crippen molar-refractivity contribution in [2.45, 2.75) is 45.6 Å². The number of carbonyl (C=O) groups is 1. The van der Waals surface area contributed by atoms with Crippen molar-refractivity contribution in [2.75, 3.05) is 13.1 Å². The van der Waals surface area contributed by atoms with Crippen LogP contribution in [0.5, 0.6) is 0 Å². The Morgan fingerprint density at radius 2 is 1.88 bits per heavy atom. The standard InChI is InChI=1S/C19H28N6O/c1-12-14(8-23-24(12)5)15-10-25(11-16(15)17(20)26)9-13-6-21-18(22-7-13)19(2,3)4/h6-8,15-16H,9-11H2,1-5H3,(H2,20,26)/t15-,16+/m1/s1. The molecule has 0 unspecified atom stereocenters. The molecule has 2 aromatic heterocycles. The Morgan fingerprint density at radius 1 is 1.23 bits per heavy atom. The minimum absolute atomic E-state index is 0.0633. The lowest BCUT2D eigenvalue weighted by Crippen LogP contribution is -2.29. The van der Waals surface area contributed by atoms with Crippen LogP contribution in [0.1, 0.15) is 49.3 Å². The van der Waals surface area contributed by atoms with Crippen LogP contribution in [-0.4, -0.2) is 43.6 Å². The van der Waals surface area contributed by atoms with Gasteiger partial charge in [0.05, 0.1) is 12.1 Å². The number of primary amides is 1. The third-order valence-corrected chi connectivity index (χ3v) is 5.22. The highest BCUT2D eigenvalue weighted by Gasteiger charge is 2.38. The zero-order chi connectivity index (χ0) is 19.1. The van der Waals surface area contributed by atoms with E-state index in [1.165, 1.54) is 0 Å². The van der Waals surface area contributed by atoms with Crippen LogP contribution in [0.25, 0.3) is 0 Å². The number of aryl methyl sites for hydroxylation is 1. The molecule has 7 nitrogen and oxygen atoms in total. The molecule has 2 N–H and O–H groups in total. The SMILES string of the molecule is Cc1c([C@H]2CN(Cc3cnc(C(C)(C)C)nc3)C[C@@H]2C(N)=O)cnn1C. The van der Waals surface area contributed by atoms with Gasteiger partial charge in [0.25, 0.3) is 0 Å². The normalized spacial score (nSPS) is 21.3. The highest BCUT2D eigenvalue weighted by molar-refractivity contribution is 5.78. The fourth-order valence-electron chi connectivity index (χ4n) is 3.58. The van der Waals surface area contributed by atoms with Gasteiger partial charge in [-0.25, -0.2) is 9.97 Å². The van der Waals surface area contributed by atoms with E-state index < -0.39 is 0 Å². The molecule has 0 spiro atoms. The second kappa shape index (κ2) is 6.79. The lowest BCUT2D eigenvalue weighted by atomic mass is 9.89. The minimum Gasteiger partial charge on any atom is -0.369 e. The molecule has 0 radical (unpaired) electrons. The van der Waals surface area contributed by atoms with Crippen LogP contribution in [0.3, 0.4) is 0 Å². The molecule has 1 aliphatic heterocycles. The molecule has 140 valence electrons. The summed E-state index contributed by atoms with van der Waals surface area (Å²) in [5.74, 6) is 0.463. The van der Waals surface area contributed by atoms with Crippen LogP contribution < -0.4 is 5.73 Å². The summed E-state index contributed by atoms with van der Waals surface area (Å²) in [6.07, 6.45) is 5.63. The van der Waals surface area contributed by atoms with E-state index in [9.17, 15) is 4.79 Å². The first-order valence-electron chi connectivity index (χ1n) is 8.98. The van der Waals surface area contributed by atoms with Crippen molar-refractivity contribution in [2.24, 2.45) is 18.7 Å². The van der Waals surface area contributed by atoms with Crippen molar-refractivity contribution in [1.29, 1.82) is 0 Å². The predicted octanol–water partition coefficient (Wildman–Crippen LogP) is 1.52. The monoisotopic (exact) mass is 356 g/mol. The molecule has 2 aromatic rings. The molecule has 1 saturated heterocycles. The topological polar surface area (TPSA) is 89.9 Å². The van der Waals surface area contributed by atoms with Gasteiger partial charge in [0.2, 0.25) is 5.91 Å². The van der Waals surface area contributed by atoms with Gasteiger partial charge in [0.15, 0.2) is 0 Å². The van der Waals surface area contributed by atoms with Crippen LogP contribution in [0, 0.1) is 12.8 Å². The molecule has 0 saturated carbocycles. The van der Waals surface area contributed by atoms with Crippen LogP contribution in [0.4, 0.5) is 0 Å². The smallest absolute Gasteiger partial charge is 0.222 e. The second-order valence-corrected chi connectivity index (χ2v) is 8.28. The van der Waals surface area contributed by atoms with Crippen molar-refractivity contribution in [3.63, 3.8) is 0 Å². The van der Waals surface area contributed by atoms with Gasteiger partial charge in [-0.05, 0) is 12.5 Å². The summed E-state index contributed by atoms with van der Waals surface area (Å²) >= 11 is 0. The summed E-state index contributed by atoms with van der Waals surface area (Å²) in [6.45, 7) is 10.5. The largest absolute Gasteiger partial charge is 0.369 e. The first kappa shape index (κ1) is 18.5. The summed E-state index contributed by atoms with van der Waals surface area (Å²) in [5, 5.41) is 4.32. The van der Waals surface area contributed by atoms with Gasteiger partial charge in [-0.3, -0.25) is 14.4 Å². The third kappa shape index (κ3) is 3.62. The first-order valence-corrected chi connectivity index (χ1v) is 8.98. The summed E-state index contributed by atoms with van der Waals surface area (Å²) in [6, 6.07) is 0. The number of nitrogens with zero attached hydrogens (tertiary/aromatic N) is 5. The number of rotatable bonds is 4. The first-order chi connectivity index (χ1) is 12.2. The molecule has 3 heterocycles. The van der Waals surface area contributed by atoms with Gasteiger partial charge in [0, 0.05) is 61.7 Å². The van der Waals surface area contributed by atoms with Crippen LogP contribution in [-0.2, 0) is 23.8 Å². The quantitative estimate of drug-likeness (QED) is 0.897. The number of hydrogen-bond acceptors (Lipinski definition) is 5. The molecule has 0 aromatic carbocycles. The number of aromatic nitrogens is 4.